The van der Waals surface area contributed by atoms with E-state index in [0.717, 1.165) is 11.1 Å². The molecule has 0 aliphatic rings. The van der Waals surface area contributed by atoms with Gasteiger partial charge in [0.05, 0.1) is 18.0 Å². The van der Waals surface area contributed by atoms with Gasteiger partial charge in [0.15, 0.2) is 5.82 Å². The zero-order valence-electron chi connectivity index (χ0n) is 21.6. The molecule has 2 N–H and O–H groups in total. The number of nitrogens with one attached hydrogen (secondary N) is 1. The summed E-state index contributed by atoms with van der Waals surface area (Å²) < 4.78 is 23.7. The number of halogens is 3. The van der Waals surface area contributed by atoms with Gasteiger partial charge in [-0.1, -0.05) is 12.1 Å². The van der Waals surface area contributed by atoms with Crippen molar-refractivity contribution in [1.82, 2.24) is 20.3 Å². The maximum atomic E-state index is 14.3. The number of anilines is 1. The molecule has 0 bridgehead atoms. The molecule has 3 rings (SSSR count). The van der Waals surface area contributed by atoms with Gasteiger partial charge < -0.3 is 39.1 Å². The number of hydrogen-bond donors (Lipinski definition) is 2. The van der Waals surface area contributed by atoms with Gasteiger partial charge in [-0.15, -0.1) is 6.54 Å². The number of alkyl halides is 3. The zero-order chi connectivity index (χ0) is 26.1. The van der Waals surface area contributed by atoms with Crippen LogP contribution in [0, 0.1) is 45.5 Å². The summed E-state index contributed by atoms with van der Waals surface area (Å²) in [5.41, 5.74) is 2.46. The molecule has 0 aliphatic carbocycles. The van der Waals surface area contributed by atoms with E-state index in [2.05, 4.69) is 17.2 Å². The van der Waals surface area contributed by atoms with Crippen molar-refractivity contribution in [3.05, 3.63) is 68.7 Å². The summed E-state index contributed by atoms with van der Waals surface area (Å²) in [6.07, 6.45) is 0.989. The Morgan fingerprint density at radius 1 is 1.18 bits per heavy atom. The minimum atomic E-state index is -1.60. The van der Waals surface area contributed by atoms with E-state index < -0.39 is 7.79 Å². The zero-order valence-corrected chi connectivity index (χ0v) is 30.1. The minimum absolute atomic E-state index is 0. The van der Waals surface area contributed by atoms with E-state index in [1.165, 1.54) is 0 Å². The number of methoxy groups -OCH3 is 1. The SMILES string of the molecule is [CH2-]CN(CCOC)c1cc(-c2ccc(C(F)(I)I)nc2)nc(-c2cccc(OCC(O)CNC)c2)n1.[CH3-].[U+2]. The van der Waals surface area contributed by atoms with Crippen LogP contribution in [-0.4, -0.2) is 73.2 Å². The Bertz CT molecular complexity index is 1120. The van der Waals surface area contributed by atoms with Crippen molar-refractivity contribution >= 4 is 51.0 Å². The molecule has 3 aromatic rings. The number of aliphatic hydroxyl groups excluding tert-OH is 1. The first-order valence-electron chi connectivity index (χ1n) is 11.3. The van der Waals surface area contributed by atoms with Crippen LogP contribution in [0.1, 0.15) is 5.69 Å². The van der Waals surface area contributed by atoms with Crippen molar-refractivity contribution in [2.45, 2.75) is 7.79 Å². The summed E-state index contributed by atoms with van der Waals surface area (Å²) in [6, 6.07) is 12.7. The quantitative estimate of drug-likeness (QED) is 0.143. The van der Waals surface area contributed by atoms with Crippen molar-refractivity contribution in [1.29, 1.82) is 0 Å². The first-order chi connectivity index (χ1) is 17.2. The van der Waals surface area contributed by atoms with Crippen molar-refractivity contribution in [3.8, 4) is 28.4 Å². The van der Waals surface area contributed by atoms with Gasteiger partial charge in [0.1, 0.15) is 24.3 Å². The van der Waals surface area contributed by atoms with E-state index in [4.69, 9.17) is 19.4 Å². The molecule has 1 unspecified atom stereocenters. The molecule has 0 aliphatic heterocycles. The molecule has 1 aromatic carbocycles. The smallest absolute Gasteiger partial charge is 0.491 e. The molecule has 0 amide bonds. The monoisotopic (exact) mass is 973 g/mol. The Balaban J connectivity index is 0.00000361. The molecule has 0 saturated carbocycles. The topological polar surface area (TPSA) is 92.6 Å². The van der Waals surface area contributed by atoms with Crippen molar-refractivity contribution in [2.24, 2.45) is 0 Å². The van der Waals surface area contributed by atoms with E-state index in [0.29, 0.717) is 55.0 Å². The van der Waals surface area contributed by atoms with E-state index in [1.807, 2.05) is 35.2 Å². The Hall–Kier alpha value is -0.628. The van der Waals surface area contributed by atoms with Crippen molar-refractivity contribution in [3.63, 3.8) is 0 Å². The number of hydrogen-bond acceptors (Lipinski definition) is 8. The number of ether oxygens (including phenoxy) is 2. The molecule has 0 spiro atoms. The Kier molecular flexibility index (Phi) is 16.1. The Labute approximate surface area is 275 Å². The second-order valence-electron chi connectivity index (χ2n) is 7.90. The van der Waals surface area contributed by atoms with Crippen LogP contribution in [-0.2, 0) is 6.42 Å². The van der Waals surface area contributed by atoms with Gasteiger partial charge in [-0.25, -0.2) is 14.4 Å². The number of pyridine rings is 1. The van der Waals surface area contributed by atoms with Gasteiger partial charge in [0.2, 0.25) is 0 Å². The van der Waals surface area contributed by atoms with Crippen LogP contribution in [0.5, 0.6) is 5.75 Å². The van der Waals surface area contributed by atoms with Crippen LogP contribution < -0.4 is 15.0 Å². The number of likely N-dealkylation sites (N-methyl/N-ethyl adjacent to an activating group) is 1. The first kappa shape index (κ1) is 35.4. The maximum absolute atomic E-state index is 14.3. The molecule has 0 fully saturated rings. The third-order valence-corrected chi connectivity index (χ3v) is 6.30. The van der Waals surface area contributed by atoms with Gasteiger partial charge in [-0.05, 0) is 76.5 Å². The molecule has 12 heteroatoms. The van der Waals surface area contributed by atoms with Crippen molar-refractivity contribution < 1.29 is 50.1 Å². The molecule has 1 atom stereocenters. The van der Waals surface area contributed by atoms with Crippen LogP contribution >= 0.6 is 45.2 Å². The molecule has 0 radical (unpaired) electrons. The van der Waals surface area contributed by atoms with E-state index in [9.17, 15) is 9.50 Å². The number of benzene rings is 1. The standard InChI is InChI=1S/C25H29FI2N5O3.CH3.U/c1-4-33(10-11-35-3)23-13-21(18-8-9-22(30-14-18)25(26,27)28)31-24(32-23)17-6-5-7-20(12-17)36-16-19(34)15-29-2;;/h5-9,12-14,19,29,34H,1,4,10-11,15-16H2,2-3H3;1H3;/q2*-1;+2. The molecule has 8 nitrogen and oxygen atoms in total. The largest absolute Gasteiger partial charge is 2.00 e. The Morgan fingerprint density at radius 2 is 1.95 bits per heavy atom. The second-order valence-corrected chi connectivity index (χ2v) is 12.9. The molecular weight excluding hydrogens is 941 g/mol. The van der Waals surface area contributed by atoms with Gasteiger partial charge in [-0.3, -0.25) is 4.98 Å². The summed E-state index contributed by atoms with van der Waals surface area (Å²) in [5.74, 6) is 1.77. The molecule has 2 aromatic heterocycles. The third kappa shape index (κ3) is 10.4. The van der Waals surface area contributed by atoms with Gasteiger partial charge in [0.25, 0.3) is 1.68 Å². The van der Waals surface area contributed by atoms with Gasteiger partial charge >= 0.3 is 31.1 Å². The number of rotatable bonds is 13. The molecule has 204 valence electrons. The number of nitrogens with zero attached hydrogens (tertiary/aromatic N) is 4. The van der Waals surface area contributed by atoms with Crippen LogP contribution in [0.4, 0.5) is 10.2 Å². The van der Waals surface area contributed by atoms with E-state index in [-0.39, 0.29) is 45.1 Å². The average Bonchev–Trinajstić information content (AvgIpc) is 2.88. The fourth-order valence-electron chi connectivity index (χ4n) is 3.34. The second kappa shape index (κ2) is 17.2. The number of aromatic nitrogens is 3. The van der Waals surface area contributed by atoms with E-state index in [1.54, 1.807) is 77.7 Å². The summed E-state index contributed by atoms with van der Waals surface area (Å²) in [7, 11) is 3.42. The molecule has 0 saturated heterocycles. The van der Waals surface area contributed by atoms with Gasteiger partial charge in [0, 0.05) is 43.6 Å². The third-order valence-electron chi connectivity index (χ3n) is 5.20. The van der Waals surface area contributed by atoms with Crippen molar-refractivity contribution in [2.75, 3.05) is 51.9 Å². The van der Waals surface area contributed by atoms with Crippen LogP contribution in [0.15, 0.2) is 48.7 Å². The van der Waals surface area contributed by atoms with E-state index >= 15 is 0 Å². The summed E-state index contributed by atoms with van der Waals surface area (Å²) in [6.45, 7) is 6.23. The number of aliphatic hydroxyl groups is 1. The average molecular weight is 973 g/mol. The van der Waals surface area contributed by atoms with Crippen LogP contribution in [0.25, 0.3) is 22.6 Å². The summed E-state index contributed by atoms with van der Waals surface area (Å²) >= 11 is 3.41. The molecule has 38 heavy (non-hydrogen) atoms. The normalized spacial score (nSPS) is 11.8. The fraction of sp³-hybridized carbons (Fsp3) is 0.346. The predicted molar refractivity (Wildman–Crippen MR) is 163 cm³/mol. The predicted octanol–water partition coefficient (Wildman–Crippen LogP) is 4.85. The summed E-state index contributed by atoms with van der Waals surface area (Å²) in [5, 5.41) is 12.9. The maximum Gasteiger partial charge on any atom is 2.00 e. The van der Waals surface area contributed by atoms with Crippen LogP contribution in [0.3, 0.4) is 0 Å². The van der Waals surface area contributed by atoms with Gasteiger partial charge in [-0.2, -0.15) is 0 Å². The fourth-order valence-corrected chi connectivity index (χ4v) is 3.98. The van der Waals surface area contributed by atoms with Crippen LogP contribution in [0.2, 0.25) is 0 Å². The minimum Gasteiger partial charge on any atom is -0.491 e. The molecule has 2 heterocycles. The first-order valence-corrected chi connectivity index (χ1v) is 13.4. The summed E-state index contributed by atoms with van der Waals surface area (Å²) in [4.78, 5) is 15.9. The molecular formula is C26H32FI2N5O3U. The Morgan fingerprint density at radius 3 is 2.55 bits per heavy atom.